The lowest BCUT2D eigenvalue weighted by Gasteiger charge is -2.39. The van der Waals surface area contributed by atoms with Gasteiger partial charge in [-0.1, -0.05) is 22.9 Å². The molecular formula is C14H22BrN3. The second kappa shape index (κ2) is 5.93. The third kappa shape index (κ3) is 2.98. The summed E-state index contributed by atoms with van der Waals surface area (Å²) in [4.78, 5) is 4.95. The first-order valence-electron chi connectivity index (χ1n) is 6.66. The molecule has 1 aliphatic heterocycles. The number of piperazine rings is 1. The van der Waals surface area contributed by atoms with Gasteiger partial charge in [-0.25, -0.2) is 0 Å². The van der Waals surface area contributed by atoms with Crippen LogP contribution in [0.3, 0.4) is 0 Å². The average molecular weight is 312 g/mol. The molecule has 0 aliphatic carbocycles. The number of hydrogen-bond donors (Lipinski definition) is 1. The molecule has 3 nitrogen and oxygen atoms in total. The Kier molecular flexibility index (Phi) is 4.51. The van der Waals surface area contributed by atoms with E-state index in [4.69, 9.17) is 5.73 Å². The van der Waals surface area contributed by atoms with Gasteiger partial charge in [0.25, 0.3) is 0 Å². The van der Waals surface area contributed by atoms with Crippen molar-refractivity contribution >= 4 is 27.3 Å². The van der Waals surface area contributed by atoms with Crippen LogP contribution in [-0.4, -0.2) is 37.1 Å². The van der Waals surface area contributed by atoms with Gasteiger partial charge in [0.05, 0.1) is 11.4 Å². The molecule has 0 aromatic heterocycles. The van der Waals surface area contributed by atoms with Crippen molar-refractivity contribution in [2.24, 2.45) is 0 Å². The van der Waals surface area contributed by atoms with Gasteiger partial charge >= 0.3 is 0 Å². The predicted octanol–water partition coefficient (Wildman–Crippen LogP) is 2.95. The number of nitrogen functional groups attached to an aromatic ring is 1. The molecule has 1 aromatic carbocycles. The van der Waals surface area contributed by atoms with Crippen LogP contribution in [0.1, 0.15) is 20.3 Å². The molecule has 0 saturated carbocycles. The molecule has 1 atom stereocenters. The molecule has 0 radical (unpaired) electrons. The molecule has 4 heteroatoms. The number of rotatable bonds is 3. The largest absolute Gasteiger partial charge is 0.397 e. The van der Waals surface area contributed by atoms with Crippen molar-refractivity contribution in [2.75, 3.05) is 36.8 Å². The summed E-state index contributed by atoms with van der Waals surface area (Å²) in [7, 11) is 0. The fourth-order valence-corrected chi connectivity index (χ4v) is 2.85. The minimum atomic E-state index is 0.689. The Morgan fingerprint density at radius 2 is 1.94 bits per heavy atom. The van der Waals surface area contributed by atoms with Crippen LogP contribution in [0.15, 0.2) is 22.7 Å². The number of nitrogens with zero attached hydrogens (tertiary/aromatic N) is 2. The van der Waals surface area contributed by atoms with E-state index in [1.807, 2.05) is 6.07 Å². The first-order chi connectivity index (χ1) is 8.61. The maximum Gasteiger partial charge on any atom is 0.0601 e. The topological polar surface area (TPSA) is 32.5 Å². The summed E-state index contributed by atoms with van der Waals surface area (Å²) >= 11 is 3.45. The highest BCUT2D eigenvalue weighted by Gasteiger charge is 2.21. The molecule has 1 aliphatic rings. The Morgan fingerprint density at radius 3 is 2.50 bits per heavy atom. The predicted molar refractivity (Wildman–Crippen MR) is 82.1 cm³/mol. The van der Waals surface area contributed by atoms with E-state index < -0.39 is 0 Å². The highest BCUT2D eigenvalue weighted by atomic mass is 79.9. The first kappa shape index (κ1) is 13.7. The summed E-state index contributed by atoms with van der Waals surface area (Å²) in [5.74, 6) is 0. The van der Waals surface area contributed by atoms with Crippen LogP contribution in [0.2, 0.25) is 0 Å². The number of benzene rings is 1. The van der Waals surface area contributed by atoms with Crippen LogP contribution >= 0.6 is 15.9 Å². The molecule has 1 heterocycles. The van der Waals surface area contributed by atoms with E-state index in [1.54, 1.807) is 0 Å². The van der Waals surface area contributed by atoms with Crippen LogP contribution in [0.5, 0.6) is 0 Å². The van der Waals surface area contributed by atoms with Gasteiger partial charge in [0, 0.05) is 36.7 Å². The van der Waals surface area contributed by atoms with Crippen molar-refractivity contribution < 1.29 is 0 Å². The minimum absolute atomic E-state index is 0.689. The van der Waals surface area contributed by atoms with E-state index in [2.05, 4.69) is 51.7 Å². The van der Waals surface area contributed by atoms with Crippen LogP contribution in [0.4, 0.5) is 11.4 Å². The lowest BCUT2D eigenvalue weighted by atomic mass is 10.1. The number of halogens is 1. The van der Waals surface area contributed by atoms with E-state index in [0.717, 1.165) is 36.3 Å². The molecule has 18 heavy (non-hydrogen) atoms. The molecule has 1 unspecified atom stereocenters. The quantitative estimate of drug-likeness (QED) is 0.871. The lowest BCUT2D eigenvalue weighted by Crippen LogP contribution is -2.49. The number of anilines is 2. The smallest absolute Gasteiger partial charge is 0.0601 e. The normalized spacial score (nSPS) is 18.9. The number of hydrogen-bond acceptors (Lipinski definition) is 3. The van der Waals surface area contributed by atoms with Crippen molar-refractivity contribution in [3.8, 4) is 0 Å². The molecular weight excluding hydrogens is 290 g/mol. The minimum Gasteiger partial charge on any atom is -0.397 e. The van der Waals surface area contributed by atoms with Gasteiger partial charge in [-0.15, -0.1) is 0 Å². The molecule has 0 spiro atoms. The molecule has 100 valence electrons. The summed E-state index contributed by atoms with van der Waals surface area (Å²) in [6, 6.07) is 6.84. The van der Waals surface area contributed by atoms with Crippen LogP contribution in [0, 0.1) is 0 Å². The summed E-state index contributed by atoms with van der Waals surface area (Å²) in [6.45, 7) is 8.95. The van der Waals surface area contributed by atoms with Crippen LogP contribution < -0.4 is 10.6 Å². The Labute approximate surface area is 118 Å². The van der Waals surface area contributed by atoms with E-state index in [0.29, 0.717) is 6.04 Å². The van der Waals surface area contributed by atoms with Crippen molar-refractivity contribution in [3.63, 3.8) is 0 Å². The zero-order chi connectivity index (χ0) is 13.1. The van der Waals surface area contributed by atoms with Gasteiger partial charge in [-0.3, -0.25) is 4.90 Å². The fraction of sp³-hybridized carbons (Fsp3) is 0.571. The van der Waals surface area contributed by atoms with Crippen molar-refractivity contribution in [3.05, 3.63) is 22.7 Å². The molecule has 1 fully saturated rings. The molecule has 1 aromatic rings. The zero-order valence-corrected chi connectivity index (χ0v) is 12.8. The average Bonchev–Trinajstić information content (AvgIpc) is 2.38. The van der Waals surface area contributed by atoms with Gasteiger partial charge in [-0.2, -0.15) is 0 Å². The van der Waals surface area contributed by atoms with E-state index >= 15 is 0 Å². The van der Waals surface area contributed by atoms with Crippen molar-refractivity contribution in [1.29, 1.82) is 0 Å². The summed E-state index contributed by atoms with van der Waals surface area (Å²) in [6.07, 6.45) is 1.22. The molecule has 2 N–H and O–H groups in total. The Morgan fingerprint density at radius 1 is 1.28 bits per heavy atom. The second-order valence-corrected chi connectivity index (χ2v) is 5.90. The van der Waals surface area contributed by atoms with Crippen LogP contribution in [0.25, 0.3) is 0 Å². The third-order valence-electron chi connectivity index (χ3n) is 3.86. The van der Waals surface area contributed by atoms with Gasteiger partial charge in [0.2, 0.25) is 0 Å². The summed E-state index contributed by atoms with van der Waals surface area (Å²) < 4.78 is 1.04. The van der Waals surface area contributed by atoms with E-state index in [-0.39, 0.29) is 0 Å². The number of nitrogens with two attached hydrogens (primary N) is 1. The SMILES string of the molecule is CCC(C)N1CCN(c2ccc(Br)cc2N)CC1. The summed E-state index contributed by atoms with van der Waals surface area (Å²) in [5.41, 5.74) is 8.12. The Hall–Kier alpha value is -0.740. The third-order valence-corrected chi connectivity index (χ3v) is 4.35. The molecule has 0 amide bonds. The first-order valence-corrected chi connectivity index (χ1v) is 7.45. The second-order valence-electron chi connectivity index (χ2n) is 4.98. The maximum absolute atomic E-state index is 6.09. The molecule has 2 rings (SSSR count). The Balaban J connectivity index is 2.01. The molecule has 1 saturated heterocycles. The van der Waals surface area contributed by atoms with Crippen molar-refractivity contribution in [2.45, 2.75) is 26.3 Å². The van der Waals surface area contributed by atoms with Crippen LogP contribution in [-0.2, 0) is 0 Å². The van der Waals surface area contributed by atoms with Gasteiger partial charge in [-0.05, 0) is 31.5 Å². The van der Waals surface area contributed by atoms with Gasteiger partial charge in [0.15, 0.2) is 0 Å². The fourth-order valence-electron chi connectivity index (χ4n) is 2.48. The highest BCUT2D eigenvalue weighted by Crippen LogP contribution is 2.27. The molecule has 0 bridgehead atoms. The highest BCUT2D eigenvalue weighted by molar-refractivity contribution is 9.10. The Bertz CT molecular complexity index is 400. The van der Waals surface area contributed by atoms with Gasteiger partial charge < -0.3 is 10.6 Å². The standard InChI is InChI=1S/C14H22BrN3/c1-3-11(2)17-6-8-18(9-7-17)14-5-4-12(15)10-13(14)16/h4-5,10-11H,3,6-9,16H2,1-2H3. The lowest BCUT2D eigenvalue weighted by molar-refractivity contribution is 0.193. The van der Waals surface area contributed by atoms with Gasteiger partial charge in [0.1, 0.15) is 0 Å². The van der Waals surface area contributed by atoms with E-state index in [1.165, 1.54) is 12.1 Å². The zero-order valence-electron chi connectivity index (χ0n) is 11.2. The van der Waals surface area contributed by atoms with E-state index in [9.17, 15) is 0 Å². The monoisotopic (exact) mass is 311 g/mol. The maximum atomic E-state index is 6.09. The summed E-state index contributed by atoms with van der Waals surface area (Å²) in [5, 5.41) is 0. The van der Waals surface area contributed by atoms with Crippen molar-refractivity contribution in [1.82, 2.24) is 4.90 Å².